The van der Waals surface area contributed by atoms with Gasteiger partial charge in [-0.15, -0.1) is 0 Å². The first kappa shape index (κ1) is 11.1. The third kappa shape index (κ3) is 2.82. The number of likely N-dealkylation sites (N-methyl/N-ethyl adjacent to an activating group) is 1. The Morgan fingerprint density at radius 2 is 2.44 bits per heavy atom. The van der Waals surface area contributed by atoms with Crippen molar-refractivity contribution in [1.82, 2.24) is 14.7 Å². The van der Waals surface area contributed by atoms with Gasteiger partial charge in [0.2, 0.25) is 5.91 Å². The molecule has 1 saturated carbocycles. The van der Waals surface area contributed by atoms with E-state index in [1.807, 2.05) is 0 Å². The Hall–Kier alpha value is -1.36. The monoisotopic (exact) mass is 223 g/mol. The van der Waals surface area contributed by atoms with Gasteiger partial charge in [0.1, 0.15) is 6.54 Å². The SMILES string of the molecule is CN(CC(O)C1CC1)C(=O)Cn1cccn1. The van der Waals surface area contributed by atoms with Crippen molar-refractivity contribution in [1.29, 1.82) is 0 Å². The van der Waals surface area contributed by atoms with Gasteiger partial charge in [0.05, 0.1) is 6.10 Å². The number of carbonyl (C=O) groups excluding carboxylic acids is 1. The summed E-state index contributed by atoms with van der Waals surface area (Å²) in [5, 5.41) is 13.7. The molecule has 1 aromatic rings. The molecule has 0 aliphatic heterocycles. The number of aliphatic hydroxyl groups is 1. The number of carbonyl (C=O) groups is 1. The maximum atomic E-state index is 11.7. The van der Waals surface area contributed by atoms with Gasteiger partial charge in [-0.1, -0.05) is 0 Å². The molecule has 1 aromatic heterocycles. The molecular formula is C11H17N3O2. The Morgan fingerprint density at radius 1 is 1.69 bits per heavy atom. The quantitative estimate of drug-likeness (QED) is 0.771. The fraction of sp³-hybridized carbons (Fsp3) is 0.636. The Balaban J connectivity index is 1.79. The van der Waals surface area contributed by atoms with E-state index in [9.17, 15) is 9.90 Å². The molecule has 16 heavy (non-hydrogen) atoms. The van der Waals surface area contributed by atoms with Crippen molar-refractivity contribution in [3.8, 4) is 0 Å². The zero-order valence-electron chi connectivity index (χ0n) is 9.41. The minimum absolute atomic E-state index is 0.0246. The number of amides is 1. The van der Waals surface area contributed by atoms with Crippen LogP contribution in [-0.2, 0) is 11.3 Å². The van der Waals surface area contributed by atoms with E-state index in [-0.39, 0.29) is 18.6 Å². The fourth-order valence-electron chi connectivity index (χ4n) is 1.67. The lowest BCUT2D eigenvalue weighted by molar-refractivity contribution is -0.132. The molecule has 1 aliphatic rings. The molecule has 0 bridgehead atoms. The van der Waals surface area contributed by atoms with Gasteiger partial charge in [-0.25, -0.2) is 0 Å². The normalized spacial score (nSPS) is 17.1. The average Bonchev–Trinajstić information content (AvgIpc) is 2.98. The first-order valence-corrected chi connectivity index (χ1v) is 5.56. The summed E-state index contributed by atoms with van der Waals surface area (Å²) >= 11 is 0. The van der Waals surface area contributed by atoms with Gasteiger partial charge in [-0.3, -0.25) is 9.48 Å². The van der Waals surface area contributed by atoms with E-state index in [0.29, 0.717) is 12.5 Å². The van der Waals surface area contributed by atoms with E-state index in [4.69, 9.17) is 0 Å². The average molecular weight is 223 g/mol. The van der Waals surface area contributed by atoms with E-state index < -0.39 is 0 Å². The topological polar surface area (TPSA) is 58.4 Å². The lowest BCUT2D eigenvalue weighted by atomic mass is 10.2. The van der Waals surface area contributed by atoms with E-state index in [2.05, 4.69) is 5.10 Å². The Morgan fingerprint density at radius 3 is 3.00 bits per heavy atom. The minimum Gasteiger partial charge on any atom is -0.391 e. The van der Waals surface area contributed by atoms with Crippen LogP contribution in [-0.4, -0.2) is 45.4 Å². The van der Waals surface area contributed by atoms with Crippen molar-refractivity contribution in [3.05, 3.63) is 18.5 Å². The summed E-state index contributed by atoms with van der Waals surface area (Å²) in [7, 11) is 1.72. The molecule has 1 unspecified atom stereocenters. The van der Waals surface area contributed by atoms with E-state index in [1.54, 1.807) is 35.1 Å². The second-order valence-corrected chi connectivity index (χ2v) is 4.38. The molecule has 1 heterocycles. The molecule has 1 aliphatic carbocycles. The third-order valence-corrected chi connectivity index (χ3v) is 2.91. The summed E-state index contributed by atoms with van der Waals surface area (Å²) < 4.78 is 1.59. The fourth-order valence-corrected chi connectivity index (χ4v) is 1.67. The third-order valence-electron chi connectivity index (χ3n) is 2.91. The lowest BCUT2D eigenvalue weighted by Crippen LogP contribution is -2.37. The van der Waals surface area contributed by atoms with Crippen molar-refractivity contribution in [2.45, 2.75) is 25.5 Å². The summed E-state index contributed by atoms with van der Waals surface area (Å²) in [5.74, 6) is 0.378. The molecule has 0 spiro atoms. The number of hydrogen-bond donors (Lipinski definition) is 1. The zero-order chi connectivity index (χ0) is 11.5. The minimum atomic E-state index is -0.369. The van der Waals surface area contributed by atoms with E-state index >= 15 is 0 Å². The Bertz CT molecular complexity index is 346. The second-order valence-electron chi connectivity index (χ2n) is 4.38. The van der Waals surface area contributed by atoms with Crippen LogP contribution >= 0.6 is 0 Å². The van der Waals surface area contributed by atoms with Gasteiger partial charge in [0.25, 0.3) is 0 Å². The van der Waals surface area contributed by atoms with Crippen LogP contribution < -0.4 is 0 Å². The lowest BCUT2D eigenvalue weighted by Gasteiger charge is -2.20. The molecule has 2 rings (SSSR count). The highest BCUT2D eigenvalue weighted by Crippen LogP contribution is 2.32. The summed E-state index contributed by atoms with van der Waals surface area (Å²) in [4.78, 5) is 13.3. The van der Waals surface area contributed by atoms with Crippen LogP contribution in [0.5, 0.6) is 0 Å². The molecule has 1 N–H and O–H groups in total. The molecule has 1 amide bonds. The van der Waals surface area contributed by atoms with Gasteiger partial charge in [-0.05, 0) is 24.8 Å². The molecule has 88 valence electrons. The predicted octanol–water partition coefficient (Wildman–Crippen LogP) is 0.112. The Kier molecular flexibility index (Phi) is 3.24. The van der Waals surface area contributed by atoms with E-state index in [0.717, 1.165) is 12.8 Å². The molecular weight excluding hydrogens is 206 g/mol. The van der Waals surface area contributed by atoms with Crippen molar-refractivity contribution in [3.63, 3.8) is 0 Å². The van der Waals surface area contributed by atoms with Crippen LogP contribution in [0.4, 0.5) is 0 Å². The van der Waals surface area contributed by atoms with Gasteiger partial charge < -0.3 is 10.0 Å². The highest BCUT2D eigenvalue weighted by Gasteiger charge is 2.31. The molecule has 0 radical (unpaired) electrons. The largest absolute Gasteiger partial charge is 0.391 e. The van der Waals surface area contributed by atoms with Gasteiger partial charge in [0.15, 0.2) is 0 Å². The first-order valence-electron chi connectivity index (χ1n) is 5.56. The number of nitrogens with zero attached hydrogens (tertiary/aromatic N) is 3. The summed E-state index contributed by atoms with van der Waals surface area (Å²) in [5.41, 5.74) is 0. The summed E-state index contributed by atoms with van der Waals surface area (Å²) in [6.45, 7) is 0.658. The summed E-state index contributed by atoms with van der Waals surface area (Å²) in [6, 6.07) is 1.78. The number of rotatable bonds is 5. The predicted molar refractivity (Wildman–Crippen MR) is 58.6 cm³/mol. The molecule has 0 saturated heterocycles. The standard InChI is InChI=1S/C11H17N3O2/c1-13(7-10(15)9-3-4-9)11(16)8-14-6-2-5-12-14/h2,5-6,9-10,15H,3-4,7-8H2,1H3. The van der Waals surface area contributed by atoms with Crippen LogP contribution in [0.2, 0.25) is 0 Å². The smallest absolute Gasteiger partial charge is 0.244 e. The van der Waals surface area contributed by atoms with E-state index in [1.165, 1.54) is 0 Å². The van der Waals surface area contributed by atoms with Crippen LogP contribution in [0.3, 0.4) is 0 Å². The molecule has 0 aromatic carbocycles. The van der Waals surface area contributed by atoms with Crippen LogP contribution in [0.15, 0.2) is 18.5 Å². The van der Waals surface area contributed by atoms with Gasteiger partial charge >= 0.3 is 0 Å². The first-order chi connectivity index (χ1) is 7.66. The molecule has 5 heteroatoms. The number of hydrogen-bond acceptors (Lipinski definition) is 3. The highest BCUT2D eigenvalue weighted by molar-refractivity contribution is 5.75. The zero-order valence-corrected chi connectivity index (χ0v) is 9.41. The summed E-state index contributed by atoms with van der Waals surface area (Å²) in [6.07, 6.45) is 5.20. The van der Waals surface area contributed by atoms with Crippen LogP contribution in [0.1, 0.15) is 12.8 Å². The highest BCUT2D eigenvalue weighted by atomic mass is 16.3. The molecule has 5 nitrogen and oxygen atoms in total. The Labute approximate surface area is 94.7 Å². The maximum Gasteiger partial charge on any atom is 0.244 e. The number of aromatic nitrogens is 2. The van der Waals surface area contributed by atoms with Crippen LogP contribution in [0, 0.1) is 5.92 Å². The van der Waals surface area contributed by atoms with Crippen molar-refractivity contribution in [2.75, 3.05) is 13.6 Å². The van der Waals surface area contributed by atoms with Crippen molar-refractivity contribution >= 4 is 5.91 Å². The van der Waals surface area contributed by atoms with Crippen molar-refractivity contribution in [2.24, 2.45) is 5.92 Å². The van der Waals surface area contributed by atoms with Gasteiger partial charge in [-0.2, -0.15) is 5.10 Å². The maximum absolute atomic E-state index is 11.7. The molecule has 1 fully saturated rings. The van der Waals surface area contributed by atoms with Crippen molar-refractivity contribution < 1.29 is 9.90 Å². The van der Waals surface area contributed by atoms with Crippen LogP contribution in [0.25, 0.3) is 0 Å². The number of aliphatic hydroxyl groups excluding tert-OH is 1. The van der Waals surface area contributed by atoms with Gasteiger partial charge in [0, 0.05) is 26.0 Å². The molecule has 1 atom stereocenters. The second kappa shape index (κ2) is 4.65.